The molecule has 0 amide bonds. The minimum Gasteiger partial charge on any atom is -0.494 e. The summed E-state index contributed by atoms with van der Waals surface area (Å²) in [5.41, 5.74) is 2.10. The van der Waals surface area contributed by atoms with Gasteiger partial charge < -0.3 is 9.47 Å². The highest BCUT2D eigenvalue weighted by atomic mass is 16.5. The molecule has 3 heteroatoms. The van der Waals surface area contributed by atoms with Gasteiger partial charge in [0.1, 0.15) is 11.5 Å². The Bertz CT molecular complexity index is 945. The molecule has 0 bridgehead atoms. The fourth-order valence-electron chi connectivity index (χ4n) is 5.00. The molecule has 0 unspecified atom stereocenters. The van der Waals surface area contributed by atoms with Gasteiger partial charge in [0, 0.05) is 12.1 Å². The topological polar surface area (TPSA) is 29.8 Å². The quantitative estimate of drug-likeness (QED) is 0.0928. The Morgan fingerprint density at radius 1 is 0.425 bits per heavy atom. The maximum Gasteiger partial charge on any atom is 0.360 e. The molecule has 0 saturated heterocycles. The van der Waals surface area contributed by atoms with Gasteiger partial charge in [-0.05, 0) is 67.4 Å². The van der Waals surface area contributed by atoms with Crippen molar-refractivity contribution in [1.82, 2.24) is 0 Å². The van der Waals surface area contributed by atoms with Gasteiger partial charge in [-0.1, -0.05) is 104 Å². The second-order valence-corrected chi connectivity index (χ2v) is 11.1. The molecule has 3 nitrogen and oxygen atoms in total. The van der Waals surface area contributed by atoms with E-state index in [1.165, 1.54) is 89.9 Å². The molecule has 218 valence electrons. The minimum absolute atomic E-state index is 0.785. The number of hydrogen-bond donors (Lipinski definition) is 0. The highest BCUT2D eigenvalue weighted by Crippen LogP contribution is 2.29. The second kappa shape index (κ2) is 20.1. The van der Waals surface area contributed by atoms with Crippen LogP contribution in [0.15, 0.2) is 71.1 Å². The summed E-state index contributed by atoms with van der Waals surface area (Å²) in [5.74, 6) is 3.54. The zero-order chi connectivity index (χ0) is 28.1. The molecule has 0 aliphatic rings. The minimum atomic E-state index is 0.785. The third kappa shape index (κ3) is 12.6. The lowest BCUT2D eigenvalue weighted by Gasteiger charge is -2.06. The standard InChI is InChI=1S/C37H53O3/c1-3-5-7-9-11-13-15-17-30-38-34-26-22-32(23-27-34)36-20-19-21-37(40-36)33-24-28-35(29-25-33)39-31-18-16-14-12-10-8-6-4-2/h19-29H,3-18,30-31H2,1-2H3/q+1. The molecule has 0 saturated carbocycles. The Labute approximate surface area is 244 Å². The molecule has 0 radical (unpaired) electrons. The summed E-state index contributed by atoms with van der Waals surface area (Å²) in [6.07, 6.45) is 21.0. The number of ether oxygens (including phenoxy) is 2. The summed E-state index contributed by atoms with van der Waals surface area (Å²) in [4.78, 5) is 0. The molecule has 1 heterocycles. The average Bonchev–Trinajstić information content (AvgIpc) is 3.00. The van der Waals surface area contributed by atoms with Gasteiger partial charge in [-0.3, -0.25) is 0 Å². The van der Waals surface area contributed by atoms with E-state index in [0.717, 1.165) is 60.2 Å². The van der Waals surface area contributed by atoms with Crippen LogP contribution in [0, 0.1) is 0 Å². The maximum atomic E-state index is 6.27. The average molecular weight is 546 g/mol. The van der Waals surface area contributed by atoms with Crippen molar-refractivity contribution in [2.45, 2.75) is 117 Å². The van der Waals surface area contributed by atoms with Crippen LogP contribution in [0.1, 0.15) is 117 Å². The van der Waals surface area contributed by atoms with Crippen molar-refractivity contribution in [3.05, 3.63) is 66.7 Å². The van der Waals surface area contributed by atoms with E-state index >= 15 is 0 Å². The molecule has 3 rings (SSSR count). The SMILES string of the molecule is CCCCCCCCCCOc1ccc(-c2cccc(-c3ccc(OCCCCCCCCCC)cc3)[o+]2)cc1. The molecule has 0 spiro atoms. The molecule has 3 aromatic rings. The molecule has 0 N–H and O–H groups in total. The Balaban J connectivity index is 1.38. The highest BCUT2D eigenvalue weighted by Gasteiger charge is 2.17. The van der Waals surface area contributed by atoms with E-state index < -0.39 is 0 Å². The lowest BCUT2D eigenvalue weighted by atomic mass is 10.1. The first-order valence-corrected chi connectivity index (χ1v) is 16.2. The van der Waals surface area contributed by atoms with Crippen molar-refractivity contribution in [1.29, 1.82) is 0 Å². The summed E-state index contributed by atoms with van der Waals surface area (Å²) in [6, 6.07) is 22.6. The van der Waals surface area contributed by atoms with Crippen molar-refractivity contribution >= 4 is 0 Å². The molecule has 1 aromatic heterocycles. The van der Waals surface area contributed by atoms with Crippen LogP contribution in [0.4, 0.5) is 0 Å². The van der Waals surface area contributed by atoms with Crippen LogP contribution in [-0.2, 0) is 0 Å². The van der Waals surface area contributed by atoms with Crippen LogP contribution in [0.25, 0.3) is 22.6 Å². The Kier molecular flexibility index (Phi) is 16.0. The lowest BCUT2D eigenvalue weighted by Crippen LogP contribution is -1.97. The Morgan fingerprint density at radius 2 is 0.775 bits per heavy atom. The van der Waals surface area contributed by atoms with E-state index in [4.69, 9.17) is 13.9 Å². The number of rotatable bonds is 22. The van der Waals surface area contributed by atoms with E-state index in [1.807, 2.05) is 42.5 Å². The largest absolute Gasteiger partial charge is 0.494 e. The van der Waals surface area contributed by atoms with Crippen molar-refractivity contribution in [2.75, 3.05) is 13.2 Å². The summed E-state index contributed by atoms with van der Waals surface area (Å²) < 4.78 is 18.2. The highest BCUT2D eigenvalue weighted by molar-refractivity contribution is 5.63. The molecule has 40 heavy (non-hydrogen) atoms. The van der Waals surface area contributed by atoms with Crippen LogP contribution in [0.3, 0.4) is 0 Å². The van der Waals surface area contributed by atoms with Crippen LogP contribution in [0.2, 0.25) is 0 Å². The van der Waals surface area contributed by atoms with E-state index in [1.54, 1.807) is 0 Å². The van der Waals surface area contributed by atoms with E-state index in [0.29, 0.717) is 0 Å². The van der Waals surface area contributed by atoms with Gasteiger partial charge in [-0.2, -0.15) is 0 Å². The second-order valence-electron chi connectivity index (χ2n) is 11.1. The van der Waals surface area contributed by atoms with Gasteiger partial charge >= 0.3 is 11.5 Å². The van der Waals surface area contributed by atoms with Crippen LogP contribution in [-0.4, -0.2) is 13.2 Å². The summed E-state index contributed by atoms with van der Waals surface area (Å²) in [7, 11) is 0. The first kappa shape index (κ1) is 31.7. The summed E-state index contributed by atoms with van der Waals surface area (Å²) in [6.45, 7) is 6.11. The lowest BCUT2D eigenvalue weighted by molar-refractivity contribution is 0.304. The smallest absolute Gasteiger partial charge is 0.360 e. The van der Waals surface area contributed by atoms with E-state index in [-0.39, 0.29) is 0 Å². The third-order valence-electron chi connectivity index (χ3n) is 7.53. The molecule has 0 aliphatic heterocycles. The van der Waals surface area contributed by atoms with E-state index in [9.17, 15) is 0 Å². The van der Waals surface area contributed by atoms with Gasteiger partial charge in [-0.25, -0.2) is 4.42 Å². The van der Waals surface area contributed by atoms with Crippen molar-refractivity contribution in [3.63, 3.8) is 0 Å². The first-order valence-electron chi connectivity index (χ1n) is 16.2. The van der Waals surface area contributed by atoms with Gasteiger partial charge in [0.05, 0.1) is 24.3 Å². The van der Waals surface area contributed by atoms with Crippen molar-refractivity contribution in [3.8, 4) is 34.1 Å². The van der Waals surface area contributed by atoms with Gasteiger partial charge in [0.25, 0.3) is 0 Å². The van der Waals surface area contributed by atoms with E-state index in [2.05, 4.69) is 38.1 Å². The number of unbranched alkanes of at least 4 members (excludes halogenated alkanes) is 14. The van der Waals surface area contributed by atoms with Crippen molar-refractivity contribution in [2.24, 2.45) is 0 Å². The predicted octanol–water partition coefficient (Wildman–Crippen LogP) is 11.9. The third-order valence-corrected chi connectivity index (χ3v) is 7.53. The van der Waals surface area contributed by atoms with Crippen LogP contribution in [0.5, 0.6) is 11.5 Å². The molecule has 0 atom stereocenters. The summed E-state index contributed by atoms with van der Waals surface area (Å²) >= 11 is 0. The van der Waals surface area contributed by atoms with Gasteiger partial charge in [0.15, 0.2) is 0 Å². The normalized spacial score (nSPS) is 11.1. The zero-order valence-electron chi connectivity index (χ0n) is 25.3. The monoisotopic (exact) mass is 545 g/mol. The molecular weight excluding hydrogens is 492 g/mol. The predicted molar refractivity (Wildman–Crippen MR) is 170 cm³/mol. The molecule has 0 fully saturated rings. The number of hydrogen-bond acceptors (Lipinski definition) is 2. The fourth-order valence-corrected chi connectivity index (χ4v) is 5.00. The molecular formula is C37H53O3+. The molecule has 0 aliphatic carbocycles. The molecule has 2 aromatic carbocycles. The van der Waals surface area contributed by atoms with Crippen molar-refractivity contribution < 1.29 is 13.9 Å². The zero-order valence-corrected chi connectivity index (χ0v) is 25.3. The van der Waals surface area contributed by atoms with Crippen LogP contribution >= 0.6 is 0 Å². The maximum absolute atomic E-state index is 6.27. The number of benzene rings is 2. The Morgan fingerprint density at radius 3 is 1.15 bits per heavy atom. The fraction of sp³-hybridized carbons (Fsp3) is 0.541. The summed E-state index contributed by atoms with van der Waals surface area (Å²) in [5, 5.41) is 0. The van der Waals surface area contributed by atoms with Crippen LogP contribution < -0.4 is 9.47 Å². The first-order chi connectivity index (χ1) is 19.8. The Hall–Kier alpha value is -2.81. The van der Waals surface area contributed by atoms with Gasteiger partial charge in [0.2, 0.25) is 0 Å². The van der Waals surface area contributed by atoms with Gasteiger partial charge in [-0.15, -0.1) is 0 Å².